The van der Waals surface area contributed by atoms with Gasteiger partial charge in [0.2, 0.25) is 0 Å². The van der Waals surface area contributed by atoms with Crippen molar-refractivity contribution >= 4 is 33.6 Å². The molecule has 7 heteroatoms. The van der Waals surface area contributed by atoms with E-state index in [9.17, 15) is 5.11 Å². The van der Waals surface area contributed by atoms with Gasteiger partial charge in [-0.1, -0.05) is 33.3 Å². The van der Waals surface area contributed by atoms with Crippen molar-refractivity contribution in [3.05, 3.63) is 40.5 Å². The molecule has 1 aromatic carbocycles. The molecule has 1 unspecified atom stereocenters. The van der Waals surface area contributed by atoms with Crippen LogP contribution in [0.2, 0.25) is 0 Å². The van der Waals surface area contributed by atoms with Gasteiger partial charge in [-0.2, -0.15) is 5.10 Å². The van der Waals surface area contributed by atoms with E-state index < -0.39 is 0 Å². The first-order chi connectivity index (χ1) is 14.9. The number of benzene rings is 1. The molecule has 2 aromatic heterocycles. The monoisotopic (exact) mass is 438 g/mol. The first-order valence-electron chi connectivity index (χ1n) is 10.9. The number of rotatable bonds is 7. The Morgan fingerprint density at radius 3 is 2.94 bits per heavy atom. The topological polar surface area (TPSA) is 79.6 Å². The molecule has 0 saturated heterocycles. The molecule has 1 aliphatic rings. The lowest BCUT2D eigenvalue weighted by molar-refractivity contribution is 0.184. The zero-order chi connectivity index (χ0) is 22.0. The standard InChI is InChI=1S/C24H30N4O2S/c1-5-24(3,4)16-10-11-19-17(12-16)20-22(25-14-26-23(20)31-19)28-27-13-15-8-7-9-18(21(15)29)30-6-2/h7-9,13-14,16,29H,5-6,10-12H2,1-4H3,(H,25,26,28)/b27-13+. The highest BCUT2D eigenvalue weighted by atomic mass is 32.1. The van der Waals surface area contributed by atoms with Crippen LogP contribution in [-0.4, -0.2) is 27.9 Å². The summed E-state index contributed by atoms with van der Waals surface area (Å²) in [6.07, 6.45) is 7.73. The van der Waals surface area contributed by atoms with Gasteiger partial charge in [-0.3, -0.25) is 5.43 Å². The Labute approximate surface area is 187 Å². The van der Waals surface area contributed by atoms with Gasteiger partial charge < -0.3 is 9.84 Å². The van der Waals surface area contributed by atoms with E-state index >= 15 is 0 Å². The Bertz CT molecular complexity index is 1110. The van der Waals surface area contributed by atoms with Crippen LogP contribution in [0.3, 0.4) is 0 Å². The van der Waals surface area contributed by atoms with Gasteiger partial charge in [-0.05, 0) is 55.2 Å². The highest BCUT2D eigenvalue weighted by Gasteiger charge is 2.33. The van der Waals surface area contributed by atoms with Gasteiger partial charge >= 0.3 is 0 Å². The number of anilines is 1. The van der Waals surface area contributed by atoms with Crippen LogP contribution in [0.4, 0.5) is 5.82 Å². The van der Waals surface area contributed by atoms with Crippen LogP contribution in [0, 0.1) is 11.3 Å². The van der Waals surface area contributed by atoms with E-state index in [0.29, 0.717) is 35.1 Å². The van der Waals surface area contributed by atoms with E-state index in [-0.39, 0.29) is 5.75 Å². The fourth-order valence-corrected chi connectivity index (χ4v) is 5.41. The lowest BCUT2D eigenvalue weighted by Crippen LogP contribution is -2.28. The number of phenols is 1. The molecule has 2 heterocycles. The Hall–Kier alpha value is -2.67. The summed E-state index contributed by atoms with van der Waals surface area (Å²) in [7, 11) is 0. The number of nitrogens with one attached hydrogen (secondary N) is 1. The third-order valence-corrected chi connectivity index (χ3v) is 7.76. The Balaban J connectivity index is 1.62. The van der Waals surface area contributed by atoms with Crippen molar-refractivity contribution in [2.24, 2.45) is 16.4 Å². The summed E-state index contributed by atoms with van der Waals surface area (Å²) in [6.45, 7) is 9.41. The second-order valence-corrected chi connectivity index (χ2v) is 9.77. The molecular formula is C24H30N4O2S. The van der Waals surface area contributed by atoms with Crippen LogP contribution >= 0.6 is 11.3 Å². The van der Waals surface area contributed by atoms with Crippen molar-refractivity contribution in [3.8, 4) is 11.5 Å². The predicted octanol–water partition coefficient (Wildman–Crippen LogP) is 5.78. The molecule has 0 saturated carbocycles. The highest BCUT2D eigenvalue weighted by molar-refractivity contribution is 7.19. The maximum absolute atomic E-state index is 10.4. The molecule has 0 bridgehead atoms. The Morgan fingerprint density at radius 1 is 1.32 bits per heavy atom. The summed E-state index contributed by atoms with van der Waals surface area (Å²) >= 11 is 1.77. The number of phenolic OH excluding ortho intramolecular Hbond substituents is 1. The first kappa shape index (κ1) is 21.6. The van der Waals surface area contributed by atoms with Crippen molar-refractivity contribution in [3.63, 3.8) is 0 Å². The van der Waals surface area contributed by atoms with Gasteiger partial charge in [-0.15, -0.1) is 11.3 Å². The van der Waals surface area contributed by atoms with Crippen LogP contribution in [0.5, 0.6) is 11.5 Å². The maximum atomic E-state index is 10.4. The average molecular weight is 439 g/mol. The number of hydrogen-bond acceptors (Lipinski definition) is 7. The van der Waals surface area contributed by atoms with Gasteiger partial charge in [0.1, 0.15) is 11.2 Å². The molecule has 0 radical (unpaired) electrons. The molecule has 31 heavy (non-hydrogen) atoms. The van der Waals surface area contributed by atoms with Crippen LogP contribution < -0.4 is 10.2 Å². The van der Waals surface area contributed by atoms with Crippen LogP contribution in [0.1, 0.15) is 56.5 Å². The van der Waals surface area contributed by atoms with Crippen LogP contribution in [0.25, 0.3) is 10.2 Å². The number of hydrazone groups is 1. The summed E-state index contributed by atoms with van der Waals surface area (Å²) in [4.78, 5) is 11.4. The van der Waals surface area contributed by atoms with Crippen molar-refractivity contribution in [1.29, 1.82) is 0 Å². The number of ether oxygens (including phenoxy) is 1. The maximum Gasteiger partial charge on any atom is 0.166 e. The summed E-state index contributed by atoms with van der Waals surface area (Å²) in [6, 6.07) is 5.37. The molecule has 0 amide bonds. The smallest absolute Gasteiger partial charge is 0.166 e. The minimum Gasteiger partial charge on any atom is -0.504 e. The summed E-state index contributed by atoms with van der Waals surface area (Å²) in [5.74, 6) is 1.90. The third kappa shape index (κ3) is 4.24. The molecule has 6 nitrogen and oxygen atoms in total. The summed E-state index contributed by atoms with van der Waals surface area (Å²) < 4.78 is 5.45. The number of hydrogen-bond donors (Lipinski definition) is 2. The van der Waals surface area contributed by atoms with Gasteiger partial charge in [0, 0.05) is 10.4 Å². The SMILES string of the molecule is CCOc1cccc(/C=N/Nc2ncnc3sc4c(c23)CC(C(C)(C)CC)CC4)c1O. The number of thiophene rings is 1. The zero-order valence-electron chi connectivity index (χ0n) is 18.6. The summed E-state index contributed by atoms with van der Waals surface area (Å²) in [5, 5.41) is 15.8. The predicted molar refractivity (Wildman–Crippen MR) is 127 cm³/mol. The fourth-order valence-electron chi connectivity index (χ4n) is 4.23. The lowest BCUT2D eigenvalue weighted by Gasteiger charge is -2.36. The minimum absolute atomic E-state index is 0.0836. The fraction of sp³-hybridized carbons (Fsp3) is 0.458. The normalized spacial score (nSPS) is 16.6. The molecule has 3 aromatic rings. The third-order valence-electron chi connectivity index (χ3n) is 6.56. The van der Waals surface area contributed by atoms with E-state index in [1.807, 2.05) is 13.0 Å². The molecule has 164 valence electrons. The second-order valence-electron chi connectivity index (χ2n) is 8.69. The number of aromatic nitrogens is 2. The van der Waals surface area contributed by atoms with E-state index in [0.717, 1.165) is 23.1 Å². The van der Waals surface area contributed by atoms with Gasteiger partial charge in [0.15, 0.2) is 17.3 Å². The zero-order valence-corrected chi connectivity index (χ0v) is 19.4. The number of fused-ring (bicyclic) bond motifs is 3. The molecule has 0 fully saturated rings. The van der Waals surface area contributed by atoms with Gasteiger partial charge in [-0.25, -0.2) is 9.97 Å². The minimum atomic E-state index is 0.0836. The van der Waals surface area contributed by atoms with E-state index in [2.05, 4.69) is 41.3 Å². The van der Waals surface area contributed by atoms with Crippen LogP contribution in [-0.2, 0) is 12.8 Å². The summed E-state index contributed by atoms with van der Waals surface area (Å²) in [5.41, 5.74) is 5.36. The van der Waals surface area contributed by atoms with Crippen molar-refractivity contribution in [2.45, 2.75) is 53.4 Å². The lowest BCUT2D eigenvalue weighted by atomic mass is 9.69. The van der Waals surface area contributed by atoms with Gasteiger partial charge in [0.05, 0.1) is 18.2 Å². The molecule has 2 N–H and O–H groups in total. The van der Waals surface area contributed by atoms with E-state index in [1.165, 1.54) is 23.3 Å². The van der Waals surface area contributed by atoms with Crippen molar-refractivity contribution in [2.75, 3.05) is 12.0 Å². The van der Waals surface area contributed by atoms with Crippen molar-refractivity contribution in [1.82, 2.24) is 9.97 Å². The molecule has 1 aliphatic carbocycles. The van der Waals surface area contributed by atoms with Crippen molar-refractivity contribution < 1.29 is 9.84 Å². The number of para-hydroxylation sites is 1. The molecular weight excluding hydrogens is 408 g/mol. The molecule has 4 rings (SSSR count). The molecule has 0 spiro atoms. The molecule has 0 aliphatic heterocycles. The van der Waals surface area contributed by atoms with E-state index in [1.54, 1.807) is 36.0 Å². The number of aromatic hydroxyl groups is 1. The second kappa shape index (κ2) is 8.83. The first-order valence-corrected chi connectivity index (χ1v) is 11.7. The highest BCUT2D eigenvalue weighted by Crippen LogP contribution is 2.45. The Morgan fingerprint density at radius 2 is 2.16 bits per heavy atom. The number of aryl methyl sites for hydroxylation is 1. The number of nitrogens with zero attached hydrogens (tertiary/aromatic N) is 3. The van der Waals surface area contributed by atoms with Crippen LogP contribution in [0.15, 0.2) is 29.6 Å². The average Bonchev–Trinajstić information content (AvgIpc) is 3.15. The Kier molecular flexibility index (Phi) is 6.14. The quantitative estimate of drug-likeness (QED) is 0.361. The van der Waals surface area contributed by atoms with Gasteiger partial charge in [0.25, 0.3) is 0 Å². The molecule has 1 atom stereocenters. The largest absolute Gasteiger partial charge is 0.504 e. The van der Waals surface area contributed by atoms with E-state index in [4.69, 9.17) is 4.74 Å².